The molecule has 90 valence electrons. The summed E-state index contributed by atoms with van der Waals surface area (Å²) in [5.74, 6) is 0.598. The number of carbonyl (C=O) groups excluding carboxylic acids is 1. The van der Waals surface area contributed by atoms with Crippen molar-refractivity contribution < 1.29 is 9.53 Å². The largest absolute Gasteiger partial charge is 0.465 e. The van der Waals surface area contributed by atoms with Crippen molar-refractivity contribution >= 4 is 5.97 Å². The predicted molar refractivity (Wildman–Crippen MR) is 60.8 cm³/mol. The highest BCUT2D eigenvalue weighted by Crippen LogP contribution is 2.03. The van der Waals surface area contributed by atoms with E-state index < -0.39 is 6.04 Å². The maximum Gasteiger partial charge on any atom is 0.324 e. The van der Waals surface area contributed by atoms with Gasteiger partial charge in [0.1, 0.15) is 11.9 Å². The number of carbonyl (C=O) groups is 1. The highest BCUT2D eigenvalue weighted by Gasteiger charge is 2.16. The fourth-order valence-corrected chi connectivity index (χ4v) is 1.49. The van der Waals surface area contributed by atoms with Crippen LogP contribution in [0, 0.1) is 0 Å². The second-order valence-corrected chi connectivity index (χ2v) is 3.60. The maximum atomic E-state index is 11.4. The number of imidazole rings is 1. The zero-order valence-electron chi connectivity index (χ0n) is 9.85. The molecule has 1 rings (SSSR count). The first-order valence-electron chi connectivity index (χ1n) is 5.61. The normalized spacial score (nSPS) is 12.4. The summed E-state index contributed by atoms with van der Waals surface area (Å²) in [4.78, 5) is 15.6. The zero-order valence-corrected chi connectivity index (χ0v) is 9.85. The monoisotopic (exact) mass is 225 g/mol. The highest BCUT2D eigenvalue weighted by atomic mass is 16.5. The van der Waals surface area contributed by atoms with Crippen LogP contribution >= 0.6 is 0 Å². The average molecular weight is 225 g/mol. The van der Waals surface area contributed by atoms with Gasteiger partial charge in [0.05, 0.1) is 6.61 Å². The molecule has 0 bridgehead atoms. The van der Waals surface area contributed by atoms with Crippen molar-refractivity contribution in [3.8, 4) is 0 Å². The van der Waals surface area contributed by atoms with E-state index in [0.717, 1.165) is 18.7 Å². The van der Waals surface area contributed by atoms with Gasteiger partial charge in [0, 0.05) is 25.4 Å². The Labute approximate surface area is 95.6 Å². The van der Waals surface area contributed by atoms with Crippen LogP contribution in [0.15, 0.2) is 12.4 Å². The number of hydrogen-bond acceptors (Lipinski definition) is 4. The minimum absolute atomic E-state index is 0.359. The second kappa shape index (κ2) is 6.27. The molecule has 2 N–H and O–H groups in total. The first-order chi connectivity index (χ1) is 7.69. The molecular weight excluding hydrogens is 206 g/mol. The smallest absolute Gasteiger partial charge is 0.324 e. The van der Waals surface area contributed by atoms with Crippen LogP contribution in [0.1, 0.15) is 26.1 Å². The molecule has 0 amide bonds. The maximum absolute atomic E-state index is 11.4. The summed E-state index contributed by atoms with van der Waals surface area (Å²) in [6, 6.07) is -0.621. The van der Waals surface area contributed by atoms with Crippen LogP contribution in [0.25, 0.3) is 0 Å². The zero-order chi connectivity index (χ0) is 12.0. The number of aromatic nitrogens is 2. The van der Waals surface area contributed by atoms with E-state index in [0.29, 0.717) is 13.2 Å². The van der Waals surface area contributed by atoms with Crippen molar-refractivity contribution in [1.82, 2.24) is 9.55 Å². The molecule has 1 atom stereocenters. The van der Waals surface area contributed by atoms with Crippen LogP contribution in [0.4, 0.5) is 0 Å². The van der Waals surface area contributed by atoms with E-state index in [-0.39, 0.29) is 5.97 Å². The lowest BCUT2D eigenvalue weighted by Gasteiger charge is -2.13. The van der Waals surface area contributed by atoms with Crippen LogP contribution in [0.5, 0.6) is 0 Å². The first-order valence-corrected chi connectivity index (χ1v) is 5.61. The van der Waals surface area contributed by atoms with Gasteiger partial charge in [-0.2, -0.15) is 0 Å². The van der Waals surface area contributed by atoms with Crippen molar-refractivity contribution in [3.63, 3.8) is 0 Å². The lowest BCUT2D eigenvalue weighted by atomic mass is 10.3. The average Bonchev–Trinajstić information content (AvgIpc) is 2.67. The third-order valence-corrected chi connectivity index (χ3v) is 2.26. The summed E-state index contributed by atoms with van der Waals surface area (Å²) < 4.78 is 6.76. The Bertz CT molecular complexity index is 336. The standard InChI is InChI=1S/C11H19N3O2/c1-3-5-10-13-6-7-14(10)8-9(12)11(15)16-4-2/h6-7,9H,3-5,8,12H2,1-2H3. The minimum atomic E-state index is -0.621. The van der Waals surface area contributed by atoms with Gasteiger partial charge in [-0.3, -0.25) is 4.79 Å². The quantitative estimate of drug-likeness (QED) is 0.724. The van der Waals surface area contributed by atoms with Crippen molar-refractivity contribution in [3.05, 3.63) is 18.2 Å². The van der Waals surface area contributed by atoms with E-state index in [1.165, 1.54) is 0 Å². The molecule has 1 aromatic heterocycles. The molecule has 16 heavy (non-hydrogen) atoms. The molecule has 0 aromatic carbocycles. The molecule has 0 aliphatic heterocycles. The van der Waals surface area contributed by atoms with Gasteiger partial charge in [0.2, 0.25) is 0 Å². The van der Waals surface area contributed by atoms with Gasteiger partial charge < -0.3 is 15.0 Å². The fourth-order valence-electron chi connectivity index (χ4n) is 1.49. The van der Waals surface area contributed by atoms with Crippen molar-refractivity contribution in [2.45, 2.75) is 39.3 Å². The van der Waals surface area contributed by atoms with Crippen molar-refractivity contribution in [2.24, 2.45) is 5.73 Å². The van der Waals surface area contributed by atoms with Gasteiger partial charge in [0.15, 0.2) is 0 Å². The molecule has 0 aliphatic rings. The van der Waals surface area contributed by atoms with Gasteiger partial charge in [-0.25, -0.2) is 4.98 Å². The van der Waals surface area contributed by atoms with E-state index in [2.05, 4.69) is 11.9 Å². The topological polar surface area (TPSA) is 70.1 Å². The van der Waals surface area contributed by atoms with E-state index >= 15 is 0 Å². The number of hydrogen-bond donors (Lipinski definition) is 1. The molecule has 0 saturated heterocycles. The van der Waals surface area contributed by atoms with Gasteiger partial charge in [0.25, 0.3) is 0 Å². The van der Waals surface area contributed by atoms with Crippen LogP contribution in [0.2, 0.25) is 0 Å². The molecule has 0 radical (unpaired) electrons. The summed E-state index contributed by atoms with van der Waals surface area (Å²) in [7, 11) is 0. The molecular formula is C11H19N3O2. The van der Waals surface area contributed by atoms with Gasteiger partial charge in [-0.15, -0.1) is 0 Å². The first kappa shape index (κ1) is 12.7. The molecule has 1 unspecified atom stereocenters. The Morgan fingerprint density at radius 3 is 3.00 bits per heavy atom. The highest BCUT2D eigenvalue weighted by molar-refractivity contribution is 5.75. The minimum Gasteiger partial charge on any atom is -0.465 e. The summed E-state index contributed by atoms with van der Waals surface area (Å²) in [5, 5.41) is 0. The number of ether oxygens (including phenoxy) is 1. The van der Waals surface area contributed by atoms with Crippen LogP contribution in [-0.2, 0) is 22.5 Å². The Morgan fingerprint density at radius 2 is 2.38 bits per heavy atom. The Kier molecular flexibility index (Phi) is 4.98. The second-order valence-electron chi connectivity index (χ2n) is 3.60. The Balaban J connectivity index is 2.58. The summed E-state index contributed by atoms with van der Waals surface area (Å²) in [6.07, 6.45) is 5.47. The van der Waals surface area contributed by atoms with Gasteiger partial charge >= 0.3 is 5.97 Å². The fraction of sp³-hybridized carbons (Fsp3) is 0.636. The Morgan fingerprint density at radius 1 is 1.62 bits per heavy atom. The number of rotatable bonds is 6. The van der Waals surface area contributed by atoms with Crippen molar-refractivity contribution in [2.75, 3.05) is 6.61 Å². The molecule has 0 spiro atoms. The van der Waals surface area contributed by atoms with E-state index in [1.54, 1.807) is 13.1 Å². The lowest BCUT2D eigenvalue weighted by Crippen LogP contribution is -2.36. The van der Waals surface area contributed by atoms with Crippen LogP contribution in [-0.4, -0.2) is 28.2 Å². The molecule has 5 heteroatoms. The lowest BCUT2D eigenvalue weighted by molar-refractivity contribution is -0.145. The van der Waals surface area contributed by atoms with E-state index in [4.69, 9.17) is 10.5 Å². The third kappa shape index (κ3) is 3.34. The number of esters is 1. The third-order valence-electron chi connectivity index (χ3n) is 2.26. The number of nitrogens with two attached hydrogens (primary N) is 1. The Hall–Kier alpha value is -1.36. The SMILES string of the molecule is CCCc1nccn1CC(N)C(=O)OCC. The summed E-state index contributed by atoms with van der Waals surface area (Å²) in [5.41, 5.74) is 5.74. The van der Waals surface area contributed by atoms with Crippen LogP contribution in [0.3, 0.4) is 0 Å². The number of aryl methyl sites for hydroxylation is 1. The van der Waals surface area contributed by atoms with Gasteiger partial charge in [-0.05, 0) is 13.3 Å². The molecule has 0 aliphatic carbocycles. The van der Waals surface area contributed by atoms with Gasteiger partial charge in [-0.1, -0.05) is 6.92 Å². The predicted octanol–water partition coefficient (Wildman–Crippen LogP) is 0.726. The summed E-state index contributed by atoms with van der Waals surface area (Å²) >= 11 is 0. The summed E-state index contributed by atoms with van der Waals surface area (Å²) in [6.45, 7) is 4.64. The molecule has 1 aromatic rings. The van der Waals surface area contributed by atoms with E-state index in [1.807, 2.05) is 10.8 Å². The molecule has 0 saturated carbocycles. The molecule has 5 nitrogen and oxygen atoms in total. The number of nitrogens with zero attached hydrogens (tertiary/aromatic N) is 2. The van der Waals surface area contributed by atoms with Crippen molar-refractivity contribution in [1.29, 1.82) is 0 Å². The van der Waals surface area contributed by atoms with Crippen LogP contribution < -0.4 is 5.73 Å². The molecule has 0 fully saturated rings. The van der Waals surface area contributed by atoms with E-state index in [9.17, 15) is 4.79 Å². The molecule has 1 heterocycles.